The molecule has 0 bridgehead atoms. The average Bonchev–Trinajstić information content (AvgIpc) is 3.00. The third-order valence-corrected chi connectivity index (χ3v) is 3.58. The van der Waals surface area contributed by atoms with Crippen molar-refractivity contribution >= 4 is 16.7 Å². The van der Waals surface area contributed by atoms with Crippen LogP contribution in [-0.2, 0) is 9.47 Å². The van der Waals surface area contributed by atoms with Gasteiger partial charge in [0.15, 0.2) is 0 Å². The summed E-state index contributed by atoms with van der Waals surface area (Å²) in [5, 5.41) is 1.28. The second kappa shape index (κ2) is 5.09. The summed E-state index contributed by atoms with van der Waals surface area (Å²) in [4.78, 5) is 26.0. The van der Waals surface area contributed by atoms with Gasteiger partial charge in [-0.3, -0.25) is 4.79 Å². The van der Waals surface area contributed by atoms with E-state index in [1.165, 1.54) is 7.11 Å². The number of hydrogen-bond acceptors (Lipinski definition) is 4. The van der Waals surface area contributed by atoms with Crippen LogP contribution >= 0.6 is 0 Å². The van der Waals surface area contributed by atoms with E-state index in [0.29, 0.717) is 5.39 Å². The Morgan fingerprint density at radius 3 is 2.95 bits per heavy atom. The van der Waals surface area contributed by atoms with E-state index in [-0.39, 0.29) is 17.4 Å². The molecule has 1 saturated heterocycles. The van der Waals surface area contributed by atoms with Crippen LogP contribution in [0, 0.1) is 0 Å². The molecule has 0 spiro atoms. The molecular weight excluding hydrogens is 258 g/mol. The summed E-state index contributed by atoms with van der Waals surface area (Å²) in [6.45, 7) is 0.769. The van der Waals surface area contributed by atoms with Crippen LogP contribution in [0.2, 0.25) is 0 Å². The highest BCUT2D eigenvalue weighted by atomic mass is 16.5. The number of aromatic amines is 1. The van der Waals surface area contributed by atoms with Crippen LogP contribution in [0.3, 0.4) is 0 Å². The number of carbonyl (C=O) groups is 1. The van der Waals surface area contributed by atoms with Gasteiger partial charge in [0.25, 0.3) is 5.56 Å². The molecular formula is C15H15NO4. The lowest BCUT2D eigenvalue weighted by molar-refractivity contribution is 0.0594. The summed E-state index contributed by atoms with van der Waals surface area (Å²) in [6.07, 6.45) is 2.12. The van der Waals surface area contributed by atoms with E-state index >= 15 is 0 Å². The van der Waals surface area contributed by atoms with Gasteiger partial charge < -0.3 is 14.5 Å². The maximum atomic E-state index is 12.0. The fourth-order valence-corrected chi connectivity index (χ4v) is 2.55. The van der Waals surface area contributed by atoms with Crippen LogP contribution in [0.25, 0.3) is 10.8 Å². The molecule has 1 fully saturated rings. The van der Waals surface area contributed by atoms with Crippen LogP contribution in [-0.4, -0.2) is 24.7 Å². The van der Waals surface area contributed by atoms with Gasteiger partial charge >= 0.3 is 5.97 Å². The van der Waals surface area contributed by atoms with Crippen molar-refractivity contribution in [3.63, 3.8) is 0 Å². The molecule has 0 amide bonds. The first kappa shape index (κ1) is 12.9. The summed E-state index contributed by atoms with van der Waals surface area (Å²) in [7, 11) is 1.29. The minimum Gasteiger partial charge on any atom is -0.464 e. The van der Waals surface area contributed by atoms with E-state index in [9.17, 15) is 9.59 Å². The van der Waals surface area contributed by atoms with Gasteiger partial charge in [-0.1, -0.05) is 6.07 Å². The topological polar surface area (TPSA) is 68.4 Å². The normalized spacial score (nSPS) is 18.4. The van der Waals surface area contributed by atoms with Crippen molar-refractivity contribution in [2.75, 3.05) is 13.7 Å². The number of carbonyl (C=O) groups excluding carboxylic acids is 1. The molecule has 2 aromatic rings. The zero-order valence-electron chi connectivity index (χ0n) is 11.1. The number of rotatable bonds is 2. The second-order valence-corrected chi connectivity index (χ2v) is 4.85. The molecule has 1 aromatic heterocycles. The van der Waals surface area contributed by atoms with Gasteiger partial charge in [-0.15, -0.1) is 0 Å². The Morgan fingerprint density at radius 1 is 1.40 bits per heavy atom. The second-order valence-electron chi connectivity index (χ2n) is 4.85. The minimum atomic E-state index is -0.550. The van der Waals surface area contributed by atoms with Gasteiger partial charge in [-0.05, 0) is 42.0 Å². The first-order valence-corrected chi connectivity index (χ1v) is 6.56. The van der Waals surface area contributed by atoms with Crippen molar-refractivity contribution in [2.45, 2.75) is 18.9 Å². The molecule has 0 saturated carbocycles. The number of aromatic nitrogens is 1. The number of H-pyrrole nitrogens is 1. The average molecular weight is 273 g/mol. The number of hydrogen-bond donors (Lipinski definition) is 1. The van der Waals surface area contributed by atoms with Crippen LogP contribution in [0.5, 0.6) is 0 Å². The van der Waals surface area contributed by atoms with Crippen molar-refractivity contribution in [3.05, 3.63) is 45.9 Å². The first-order chi connectivity index (χ1) is 9.69. The number of ether oxygens (including phenoxy) is 2. The number of benzene rings is 1. The molecule has 1 aromatic carbocycles. The van der Waals surface area contributed by atoms with Gasteiger partial charge in [-0.2, -0.15) is 0 Å². The van der Waals surface area contributed by atoms with Crippen LogP contribution in [0.15, 0.2) is 29.1 Å². The lowest BCUT2D eigenvalue weighted by Gasteiger charge is -2.10. The quantitative estimate of drug-likeness (QED) is 0.851. The van der Waals surface area contributed by atoms with Gasteiger partial charge in [0.2, 0.25) is 0 Å². The van der Waals surface area contributed by atoms with Gasteiger partial charge in [-0.25, -0.2) is 4.79 Å². The Hall–Kier alpha value is -2.14. The molecule has 3 rings (SSSR count). The van der Waals surface area contributed by atoms with Crippen molar-refractivity contribution in [1.82, 2.24) is 4.98 Å². The Bertz CT molecular complexity index is 713. The Labute approximate surface area is 115 Å². The minimum absolute atomic E-state index is 0.0836. The lowest BCUT2D eigenvalue weighted by atomic mass is 10.0. The lowest BCUT2D eigenvalue weighted by Crippen LogP contribution is -2.14. The number of fused-ring (bicyclic) bond motifs is 1. The molecule has 5 nitrogen and oxygen atoms in total. The SMILES string of the molecule is COC(=O)c1cc2cc(C3CCCO3)ccc2c(=O)[nH]1. The third-order valence-electron chi connectivity index (χ3n) is 3.58. The van der Waals surface area contributed by atoms with Crippen molar-refractivity contribution in [1.29, 1.82) is 0 Å². The fourth-order valence-electron chi connectivity index (χ4n) is 2.55. The Kier molecular flexibility index (Phi) is 3.28. The smallest absolute Gasteiger partial charge is 0.354 e. The van der Waals surface area contributed by atoms with Gasteiger partial charge in [0.05, 0.1) is 13.2 Å². The largest absolute Gasteiger partial charge is 0.464 e. The Morgan fingerprint density at radius 2 is 2.25 bits per heavy atom. The van der Waals surface area contributed by atoms with E-state index in [1.807, 2.05) is 12.1 Å². The number of nitrogens with one attached hydrogen (secondary N) is 1. The highest BCUT2D eigenvalue weighted by molar-refractivity contribution is 5.93. The van der Waals surface area contributed by atoms with E-state index in [4.69, 9.17) is 4.74 Å². The van der Waals surface area contributed by atoms with Crippen LogP contribution < -0.4 is 5.56 Å². The van der Waals surface area contributed by atoms with Crippen molar-refractivity contribution in [2.24, 2.45) is 0 Å². The van der Waals surface area contributed by atoms with Crippen LogP contribution in [0.4, 0.5) is 0 Å². The van der Waals surface area contributed by atoms with Gasteiger partial charge in [0.1, 0.15) is 5.69 Å². The molecule has 2 heterocycles. The highest BCUT2D eigenvalue weighted by Gasteiger charge is 2.18. The zero-order valence-corrected chi connectivity index (χ0v) is 11.1. The molecule has 0 aliphatic carbocycles. The number of esters is 1. The van der Waals surface area contributed by atoms with Gasteiger partial charge in [0, 0.05) is 12.0 Å². The fraction of sp³-hybridized carbons (Fsp3) is 0.333. The Balaban J connectivity index is 2.11. The molecule has 104 valence electrons. The van der Waals surface area contributed by atoms with Crippen molar-refractivity contribution in [3.8, 4) is 0 Å². The van der Waals surface area contributed by atoms with E-state index in [2.05, 4.69) is 9.72 Å². The number of pyridine rings is 1. The molecule has 1 aliphatic rings. The molecule has 1 aliphatic heterocycles. The third kappa shape index (κ3) is 2.20. The summed E-state index contributed by atoms with van der Waals surface area (Å²) >= 11 is 0. The summed E-state index contributed by atoms with van der Waals surface area (Å²) in [5.74, 6) is -0.550. The molecule has 0 radical (unpaired) electrons. The standard InChI is InChI=1S/C15H15NO4/c1-19-15(18)12-8-10-7-9(13-3-2-6-20-13)4-5-11(10)14(17)16-12/h4-5,7-8,13H,2-3,6H2,1H3,(H,16,17). The van der Waals surface area contributed by atoms with Crippen LogP contribution in [0.1, 0.15) is 35.0 Å². The molecule has 1 unspecified atom stereocenters. The predicted octanol–water partition coefficient (Wildman–Crippen LogP) is 2.17. The molecule has 1 N–H and O–H groups in total. The predicted molar refractivity (Wildman–Crippen MR) is 73.8 cm³/mol. The summed E-state index contributed by atoms with van der Waals surface area (Å²) in [6, 6.07) is 7.23. The molecule has 5 heteroatoms. The first-order valence-electron chi connectivity index (χ1n) is 6.56. The maximum Gasteiger partial charge on any atom is 0.354 e. The van der Waals surface area contributed by atoms with Crippen molar-refractivity contribution < 1.29 is 14.3 Å². The molecule has 1 atom stereocenters. The summed E-state index contributed by atoms with van der Waals surface area (Å²) in [5.41, 5.74) is 0.910. The zero-order chi connectivity index (χ0) is 14.1. The number of methoxy groups -OCH3 is 1. The van der Waals surface area contributed by atoms with E-state index in [0.717, 1.165) is 30.4 Å². The van der Waals surface area contributed by atoms with E-state index in [1.54, 1.807) is 12.1 Å². The highest BCUT2D eigenvalue weighted by Crippen LogP contribution is 2.29. The summed E-state index contributed by atoms with van der Waals surface area (Å²) < 4.78 is 10.3. The molecule has 20 heavy (non-hydrogen) atoms. The maximum absolute atomic E-state index is 12.0. The van der Waals surface area contributed by atoms with E-state index < -0.39 is 5.97 Å². The monoisotopic (exact) mass is 273 g/mol.